The summed E-state index contributed by atoms with van der Waals surface area (Å²) in [7, 11) is 0. The molecule has 1 saturated carbocycles. The molecular formula is C17H32N2O. The topological polar surface area (TPSA) is 24.5 Å². The van der Waals surface area contributed by atoms with Crippen LogP contribution in [0.1, 0.15) is 52.9 Å². The minimum absolute atomic E-state index is 0.439. The quantitative estimate of drug-likeness (QED) is 0.860. The Balaban J connectivity index is 1.68. The molecule has 3 rings (SSSR count). The molecule has 3 heteroatoms. The van der Waals surface area contributed by atoms with Gasteiger partial charge in [-0.15, -0.1) is 0 Å². The van der Waals surface area contributed by atoms with E-state index in [1.807, 2.05) is 0 Å². The maximum atomic E-state index is 5.78. The molecule has 116 valence electrons. The SMILES string of the molecule is CC(C)C1CNC2(CCCC2)CN1CC1CCOC1C. The fourth-order valence-electron chi connectivity index (χ4n) is 4.57. The van der Waals surface area contributed by atoms with E-state index in [1.54, 1.807) is 0 Å². The second-order valence-electron chi connectivity index (χ2n) is 7.73. The van der Waals surface area contributed by atoms with Crippen LogP contribution in [-0.4, -0.2) is 48.8 Å². The Labute approximate surface area is 124 Å². The Hall–Kier alpha value is -0.120. The predicted octanol–water partition coefficient (Wildman–Crippen LogP) is 2.65. The van der Waals surface area contributed by atoms with Gasteiger partial charge in [0.05, 0.1) is 6.10 Å². The molecular weight excluding hydrogens is 248 g/mol. The van der Waals surface area contributed by atoms with Crippen molar-refractivity contribution in [2.45, 2.75) is 70.6 Å². The Morgan fingerprint density at radius 3 is 2.65 bits per heavy atom. The van der Waals surface area contributed by atoms with E-state index in [2.05, 4.69) is 31.0 Å². The fraction of sp³-hybridized carbons (Fsp3) is 1.00. The van der Waals surface area contributed by atoms with Gasteiger partial charge in [0.25, 0.3) is 0 Å². The van der Waals surface area contributed by atoms with E-state index in [9.17, 15) is 0 Å². The first kappa shape index (κ1) is 14.8. The van der Waals surface area contributed by atoms with Crippen LogP contribution < -0.4 is 5.32 Å². The van der Waals surface area contributed by atoms with Crippen molar-refractivity contribution in [3.8, 4) is 0 Å². The Bertz CT molecular complexity index is 325. The van der Waals surface area contributed by atoms with E-state index in [4.69, 9.17) is 4.74 Å². The second kappa shape index (κ2) is 5.94. The highest BCUT2D eigenvalue weighted by molar-refractivity contribution is 5.02. The fourth-order valence-corrected chi connectivity index (χ4v) is 4.57. The number of hydrogen-bond donors (Lipinski definition) is 1. The van der Waals surface area contributed by atoms with Gasteiger partial charge in [0.2, 0.25) is 0 Å². The number of ether oxygens (including phenoxy) is 1. The lowest BCUT2D eigenvalue weighted by Gasteiger charge is -2.48. The molecule has 0 aromatic rings. The van der Waals surface area contributed by atoms with Gasteiger partial charge in [-0.2, -0.15) is 0 Å². The van der Waals surface area contributed by atoms with Crippen LogP contribution >= 0.6 is 0 Å². The zero-order chi connectivity index (χ0) is 14.2. The van der Waals surface area contributed by atoms with Crippen LogP contribution in [0.4, 0.5) is 0 Å². The van der Waals surface area contributed by atoms with Gasteiger partial charge in [0.1, 0.15) is 0 Å². The van der Waals surface area contributed by atoms with E-state index in [-0.39, 0.29) is 0 Å². The molecule has 2 aliphatic heterocycles. The van der Waals surface area contributed by atoms with Crippen LogP contribution in [-0.2, 0) is 4.74 Å². The molecule has 0 aromatic carbocycles. The zero-order valence-corrected chi connectivity index (χ0v) is 13.5. The molecule has 1 spiro atoms. The number of nitrogens with zero attached hydrogens (tertiary/aromatic N) is 1. The highest BCUT2D eigenvalue weighted by atomic mass is 16.5. The minimum atomic E-state index is 0.439. The number of piperazine rings is 1. The summed E-state index contributed by atoms with van der Waals surface area (Å²) < 4.78 is 5.78. The average Bonchev–Trinajstić information content (AvgIpc) is 3.00. The molecule has 0 bridgehead atoms. The van der Waals surface area contributed by atoms with Gasteiger partial charge < -0.3 is 10.1 Å². The summed E-state index contributed by atoms with van der Waals surface area (Å²) in [4.78, 5) is 2.81. The van der Waals surface area contributed by atoms with Crippen LogP contribution in [0.15, 0.2) is 0 Å². The lowest BCUT2D eigenvalue weighted by atomic mass is 9.87. The smallest absolute Gasteiger partial charge is 0.0588 e. The lowest BCUT2D eigenvalue weighted by molar-refractivity contribution is 0.0290. The normalized spacial score (nSPS) is 38.1. The van der Waals surface area contributed by atoms with Gasteiger partial charge in [-0.3, -0.25) is 4.90 Å². The molecule has 0 amide bonds. The summed E-state index contributed by atoms with van der Waals surface area (Å²) in [6.45, 7) is 11.7. The summed E-state index contributed by atoms with van der Waals surface area (Å²) >= 11 is 0. The molecule has 3 fully saturated rings. The van der Waals surface area contributed by atoms with E-state index in [0.717, 1.165) is 18.4 Å². The first-order chi connectivity index (χ1) is 9.60. The van der Waals surface area contributed by atoms with Gasteiger partial charge in [-0.25, -0.2) is 0 Å². The largest absolute Gasteiger partial charge is 0.378 e. The molecule has 1 aliphatic carbocycles. The van der Waals surface area contributed by atoms with Gasteiger partial charge in [-0.1, -0.05) is 26.7 Å². The lowest BCUT2D eigenvalue weighted by Crippen LogP contribution is -2.65. The molecule has 0 aromatic heterocycles. The molecule has 20 heavy (non-hydrogen) atoms. The summed E-state index contributed by atoms with van der Waals surface area (Å²) in [5.41, 5.74) is 0.439. The molecule has 2 saturated heterocycles. The van der Waals surface area contributed by atoms with Crippen LogP contribution in [0, 0.1) is 11.8 Å². The Morgan fingerprint density at radius 1 is 1.30 bits per heavy atom. The summed E-state index contributed by atoms with van der Waals surface area (Å²) in [5, 5.41) is 3.92. The highest BCUT2D eigenvalue weighted by Gasteiger charge is 2.42. The monoisotopic (exact) mass is 280 g/mol. The van der Waals surface area contributed by atoms with Crippen molar-refractivity contribution in [1.29, 1.82) is 0 Å². The first-order valence-corrected chi connectivity index (χ1v) is 8.70. The van der Waals surface area contributed by atoms with Crippen molar-refractivity contribution in [2.24, 2.45) is 11.8 Å². The average molecular weight is 280 g/mol. The molecule has 3 aliphatic rings. The molecule has 3 unspecified atom stereocenters. The van der Waals surface area contributed by atoms with Crippen LogP contribution in [0.25, 0.3) is 0 Å². The highest BCUT2D eigenvalue weighted by Crippen LogP contribution is 2.35. The third-order valence-corrected chi connectivity index (χ3v) is 5.99. The molecule has 3 atom stereocenters. The molecule has 2 heterocycles. The van der Waals surface area contributed by atoms with Crippen molar-refractivity contribution >= 4 is 0 Å². The van der Waals surface area contributed by atoms with E-state index >= 15 is 0 Å². The van der Waals surface area contributed by atoms with Gasteiger partial charge in [0.15, 0.2) is 0 Å². The van der Waals surface area contributed by atoms with E-state index in [0.29, 0.717) is 17.7 Å². The summed E-state index contributed by atoms with van der Waals surface area (Å²) in [6.07, 6.45) is 7.29. The van der Waals surface area contributed by atoms with Crippen molar-refractivity contribution in [3.05, 3.63) is 0 Å². The number of rotatable bonds is 3. The number of nitrogens with one attached hydrogen (secondary N) is 1. The van der Waals surface area contributed by atoms with Crippen molar-refractivity contribution in [2.75, 3.05) is 26.2 Å². The van der Waals surface area contributed by atoms with Gasteiger partial charge in [-0.05, 0) is 38.0 Å². The van der Waals surface area contributed by atoms with Crippen molar-refractivity contribution in [1.82, 2.24) is 10.2 Å². The maximum Gasteiger partial charge on any atom is 0.0588 e. The number of hydrogen-bond acceptors (Lipinski definition) is 3. The zero-order valence-electron chi connectivity index (χ0n) is 13.5. The summed E-state index contributed by atoms with van der Waals surface area (Å²) in [5.74, 6) is 1.48. The van der Waals surface area contributed by atoms with E-state index in [1.165, 1.54) is 51.7 Å². The second-order valence-corrected chi connectivity index (χ2v) is 7.73. The van der Waals surface area contributed by atoms with Gasteiger partial charge >= 0.3 is 0 Å². The third kappa shape index (κ3) is 2.90. The summed E-state index contributed by atoms with van der Waals surface area (Å²) in [6, 6.07) is 0.703. The van der Waals surface area contributed by atoms with Crippen molar-refractivity contribution < 1.29 is 4.74 Å². The Morgan fingerprint density at radius 2 is 2.05 bits per heavy atom. The predicted molar refractivity (Wildman–Crippen MR) is 82.9 cm³/mol. The first-order valence-electron chi connectivity index (χ1n) is 8.70. The van der Waals surface area contributed by atoms with E-state index < -0.39 is 0 Å². The van der Waals surface area contributed by atoms with Crippen LogP contribution in [0.2, 0.25) is 0 Å². The minimum Gasteiger partial charge on any atom is -0.378 e. The van der Waals surface area contributed by atoms with Gasteiger partial charge in [0, 0.05) is 37.8 Å². The molecule has 1 N–H and O–H groups in total. The van der Waals surface area contributed by atoms with Crippen LogP contribution in [0.3, 0.4) is 0 Å². The molecule has 0 radical (unpaired) electrons. The van der Waals surface area contributed by atoms with Crippen LogP contribution in [0.5, 0.6) is 0 Å². The van der Waals surface area contributed by atoms with Crippen molar-refractivity contribution in [3.63, 3.8) is 0 Å². The Kier molecular flexibility index (Phi) is 4.40. The third-order valence-electron chi connectivity index (χ3n) is 5.99. The molecule has 3 nitrogen and oxygen atoms in total. The standard InChI is InChI=1S/C17H32N2O/c1-13(2)16-10-18-17(7-4-5-8-17)12-19(16)11-15-6-9-20-14(15)3/h13-16,18H,4-12H2,1-3H3. The maximum absolute atomic E-state index is 5.78.